The number of benzene rings is 1. The van der Waals surface area contributed by atoms with Gasteiger partial charge >= 0.3 is 6.09 Å². The molecule has 5 heteroatoms. The number of anilines is 1. The largest absolute Gasteiger partial charge is 0.439 e. The van der Waals surface area contributed by atoms with Crippen molar-refractivity contribution < 1.29 is 9.53 Å². The third-order valence-electron chi connectivity index (χ3n) is 3.57. The monoisotopic (exact) mass is 310 g/mol. The number of halogens is 1. The van der Waals surface area contributed by atoms with Crippen LogP contribution in [0.1, 0.15) is 12.0 Å². The van der Waals surface area contributed by atoms with Gasteiger partial charge in [0.25, 0.3) is 0 Å². The Morgan fingerprint density at radius 1 is 1.50 bits per heavy atom. The molecule has 4 nitrogen and oxygen atoms in total. The van der Waals surface area contributed by atoms with Crippen molar-refractivity contribution in [3.63, 3.8) is 0 Å². The molecule has 1 N–H and O–H groups in total. The van der Waals surface area contributed by atoms with E-state index in [9.17, 15) is 4.79 Å². The minimum absolute atomic E-state index is 0.247. The number of carbonyl (C=O) groups is 1. The van der Waals surface area contributed by atoms with E-state index in [4.69, 9.17) is 4.74 Å². The third kappa shape index (κ3) is 1.91. The van der Waals surface area contributed by atoms with Crippen LogP contribution >= 0.6 is 15.9 Å². The fourth-order valence-electron chi connectivity index (χ4n) is 2.58. The lowest BCUT2D eigenvalue weighted by Gasteiger charge is -2.19. The van der Waals surface area contributed by atoms with Crippen molar-refractivity contribution in [3.8, 4) is 0 Å². The average Bonchev–Trinajstić information content (AvgIpc) is 2.87. The minimum Gasteiger partial charge on any atom is -0.439 e. The minimum atomic E-state index is -0.332. The van der Waals surface area contributed by atoms with Gasteiger partial charge in [0.05, 0.1) is 12.2 Å². The van der Waals surface area contributed by atoms with Gasteiger partial charge in [-0.1, -0.05) is 6.07 Å². The molecule has 2 heterocycles. The summed E-state index contributed by atoms with van der Waals surface area (Å²) in [6, 6.07) is 5.98. The summed E-state index contributed by atoms with van der Waals surface area (Å²) in [7, 11) is 0. The molecular weight excluding hydrogens is 296 g/mol. The summed E-state index contributed by atoms with van der Waals surface area (Å²) in [6.45, 7) is 4.31. The van der Waals surface area contributed by atoms with E-state index in [2.05, 4.69) is 21.2 Å². The van der Waals surface area contributed by atoms with Crippen molar-refractivity contribution in [1.82, 2.24) is 5.32 Å². The van der Waals surface area contributed by atoms with Crippen LogP contribution in [-0.2, 0) is 4.74 Å². The number of amides is 1. The Hall–Kier alpha value is -1.07. The lowest BCUT2D eigenvalue weighted by molar-refractivity contribution is 0.0733. The molecule has 1 amide bonds. The van der Waals surface area contributed by atoms with Crippen molar-refractivity contribution in [1.29, 1.82) is 0 Å². The van der Waals surface area contributed by atoms with Gasteiger partial charge in [0.1, 0.15) is 5.60 Å². The van der Waals surface area contributed by atoms with E-state index in [1.165, 1.54) is 0 Å². The van der Waals surface area contributed by atoms with Gasteiger partial charge in [-0.3, -0.25) is 4.90 Å². The second kappa shape index (κ2) is 4.24. The molecule has 0 bridgehead atoms. The van der Waals surface area contributed by atoms with E-state index >= 15 is 0 Å². The molecule has 18 heavy (non-hydrogen) atoms. The van der Waals surface area contributed by atoms with Gasteiger partial charge in [-0.25, -0.2) is 4.79 Å². The predicted octanol–water partition coefficient (Wildman–Crippen LogP) is 2.45. The van der Waals surface area contributed by atoms with Crippen LogP contribution in [0.25, 0.3) is 0 Å². The normalized spacial score (nSPS) is 27.0. The third-order valence-corrected chi connectivity index (χ3v) is 4.20. The smallest absolute Gasteiger partial charge is 0.415 e. The first kappa shape index (κ1) is 12.0. The fourth-order valence-corrected chi connectivity index (χ4v) is 3.29. The zero-order valence-electron chi connectivity index (χ0n) is 10.2. The summed E-state index contributed by atoms with van der Waals surface area (Å²) >= 11 is 3.52. The van der Waals surface area contributed by atoms with Crippen LogP contribution in [0.2, 0.25) is 0 Å². The number of hydrogen-bond donors (Lipinski definition) is 1. The van der Waals surface area contributed by atoms with Crippen LogP contribution in [0.15, 0.2) is 22.7 Å². The van der Waals surface area contributed by atoms with E-state index in [0.29, 0.717) is 6.54 Å². The Labute approximate surface area is 114 Å². The molecule has 0 aromatic heterocycles. The maximum absolute atomic E-state index is 12.0. The topological polar surface area (TPSA) is 41.6 Å². The van der Waals surface area contributed by atoms with Gasteiger partial charge < -0.3 is 10.1 Å². The number of ether oxygens (including phenoxy) is 1. The Kier molecular flexibility index (Phi) is 2.83. The van der Waals surface area contributed by atoms with Crippen LogP contribution in [0.5, 0.6) is 0 Å². The molecule has 3 rings (SSSR count). The molecule has 2 aliphatic heterocycles. The molecular formula is C13H15BrN2O2. The number of aryl methyl sites for hydroxylation is 1. The highest BCUT2D eigenvalue weighted by atomic mass is 79.9. The molecule has 2 fully saturated rings. The predicted molar refractivity (Wildman–Crippen MR) is 72.9 cm³/mol. The van der Waals surface area contributed by atoms with E-state index < -0.39 is 0 Å². The van der Waals surface area contributed by atoms with Crippen LogP contribution in [0.3, 0.4) is 0 Å². The van der Waals surface area contributed by atoms with Gasteiger partial charge in [-0.15, -0.1) is 0 Å². The van der Waals surface area contributed by atoms with Crippen LogP contribution in [0, 0.1) is 6.92 Å². The molecule has 1 unspecified atom stereocenters. The Morgan fingerprint density at radius 3 is 3.00 bits per heavy atom. The summed E-state index contributed by atoms with van der Waals surface area (Å²) in [4.78, 5) is 13.7. The van der Waals surface area contributed by atoms with Crippen LogP contribution in [-0.4, -0.2) is 31.3 Å². The highest BCUT2D eigenvalue weighted by Crippen LogP contribution is 2.35. The number of nitrogens with one attached hydrogen (secondary N) is 1. The molecule has 1 spiro atoms. The highest BCUT2D eigenvalue weighted by Gasteiger charge is 2.47. The number of rotatable bonds is 1. The van der Waals surface area contributed by atoms with Crippen LogP contribution in [0.4, 0.5) is 10.5 Å². The van der Waals surface area contributed by atoms with E-state index in [1.807, 2.05) is 25.1 Å². The fraction of sp³-hybridized carbons (Fsp3) is 0.462. The standard InChI is InChI=1S/C13H15BrN2O2/c1-9-2-3-11(10(14)6-9)16-8-13(18-12(16)17)4-5-15-7-13/h2-3,6,15H,4-5,7-8H2,1H3. The molecule has 1 atom stereocenters. The lowest BCUT2D eigenvalue weighted by Crippen LogP contribution is -2.36. The van der Waals surface area contributed by atoms with E-state index in [1.54, 1.807) is 4.90 Å². The molecule has 1 aromatic carbocycles. The molecule has 0 saturated carbocycles. The summed E-state index contributed by atoms with van der Waals surface area (Å²) < 4.78 is 6.50. The first-order valence-corrected chi connectivity index (χ1v) is 6.86. The van der Waals surface area contributed by atoms with Gasteiger partial charge in [0.2, 0.25) is 0 Å². The van der Waals surface area contributed by atoms with E-state index in [-0.39, 0.29) is 11.7 Å². The molecule has 2 saturated heterocycles. The Morgan fingerprint density at radius 2 is 2.33 bits per heavy atom. The van der Waals surface area contributed by atoms with Gasteiger partial charge in [-0.2, -0.15) is 0 Å². The van der Waals surface area contributed by atoms with Gasteiger partial charge in [0, 0.05) is 17.4 Å². The van der Waals surface area contributed by atoms with Crippen molar-refractivity contribution in [2.45, 2.75) is 18.9 Å². The van der Waals surface area contributed by atoms with Gasteiger partial charge in [0.15, 0.2) is 0 Å². The van der Waals surface area contributed by atoms with Crippen molar-refractivity contribution in [3.05, 3.63) is 28.2 Å². The Bertz CT molecular complexity index is 498. The van der Waals surface area contributed by atoms with Crippen molar-refractivity contribution in [2.75, 3.05) is 24.5 Å². The molecule has 0 aliphatic carbocycles. The first-order chi connectivity index (χ1) is 8.60. The lowest BCUT2D eigenvalue weighted by atomic mass is 10.0. The molecule has 96 valence electrons. The summed E-state index contributed by atoms with van der Waals surface area (Å²) in [6.07, 6.45) is 0.641. The summed E-state index contributed by atoms with van der Waals surface area (Å²) in [5, 5.41) is 3.26. The Balaban J connectivity index is 1.90. The molecule has 1 aromatic rings. The maximum atomic E-state index is 12.0. The molecule has 0 radical (unpaired) electrons. The second-order valence-electron chi connectivity index (χ2n) is 5.02. The van der Waals surface area contributed by atoms with Crippen molar-refractivity contribution >= 4 is 27.7 Å². The van der Waals surface area contributed by atoms with Crippen molar-refractivity contribution in [2.24, 2.45) is 0 Å². The maximum Gasteiger partial charge on any atom is 0.415 e. The highest BCUT2D eigenvalue weighted by molar-refractivity contribution is 9.10. The summed E-state index contributed by atoms with van der Waals surface area (Å²) in [5.41, 5.74) is 1.71. The average molecular weight is 311 g/mol. The van der Waals surface area contributed by atoms with Gasteiger partial charge in [-0.05, 0) is 47.1 Å². The number of carbonyl (C=O) groups excluding carboxylic acids is 1. The van der Waals surface area contributed by atoms with E-state index in [0.717, 1.165) is 35.2 Å². The SMILES string of the molecule is Cc1ccc(N2CC3(CCNC3)OC2=O)c(Br)c1. The quantitative estimate of drug-likeness (QED) is 0.866. The zero-order valence-corrected chi connectivity index (χ0v) is 11.8. The van der Waals surface area contributed by atoms with Crippen LogP contribution < -0.4 is 10.2 Å². The number of hydrogen-bond acceptors (Lipinski definition) is 3. The second-order valence-corrected chi connectivity index (χ2v) is 5.87. The summed E-state index contributed by atoms with van der Waals surface area (Å²) in [5.74, 6) is 0. The zero-order chi connectivity index (χ0) is 12.8. The molecule has 2 aliphatic rings. The first-order valence-electron chi connectivity index (χ1n) is 6.07. The number of nitrogens with zero attached hydrogens (tertiary/aromatic N) is 1.